The third-order valence-corrected chi connectivity index (χ3v) is 4.07. The fourth-order valence-electron chi connectivity index (χ4n) is 2.97. The van der Waals surface area contributed by atoms with Gasteiger partial charge in [0.15, 0.2) is 0 Å². The predicted octanol–water partition coefficient (Wildman–Crippen LogP) is 3.75. The lowest BCUT2D eigenvalue weighted by atomic mass is 10.1. The molecule has 0 aliphatic heterocycles. The summed E-state index contributed by atoms with van der Waals surface area (Å²) in [6.07, 6.45) is 1.82. The van der Waals surface area contributed by atoms with Gasteiger partial charge in [-0.1, -0.05) is 30.3 Å². The van der Waals surface area contributed by atoms with E-state index in [-0.39, 0.29) is 11.7 Å². The number of aromatic hydroxyl groups is 1. The maximum absolute atomic E-state index is 12.8. The molecular weight excluding hydrogens is 302 g/mol. The Balaban J connectivity index is 1.80. The first kappa shape index (κ1) is 14.3. The van der Waals surface area contributed by atoms with Gasteiger partial charge in [0.05, 0.1) is 5.69 Å². The lowest BCUT2D eigenvalue weighted by molar-refractivity contribution is 0.102. The molecule has 2 heterocycles. The number of carbonyl (C=O) groups is 1. The Morgan fingerprint density at radius 3 is 2.71 bits per heavy atom. The number of phenolic OH excluding ortho intramolecular Hbond substituents is 1. The molecule has 0 spiro atoms. The summed E-state index contributed by atoms with van der Waals surface area (Å²) in [5.74, 6) is -0.0448. The quantitative estimate of drug-likeness (QED) is 0.591. The minimum absolute atomic E-state index is 0.189. The number of aromatic nitrogens is 2. The summed E-state index contributed by atoms with van der Waals surface area (Å²) in [5.41, 5.74) is 2.55. The van der Waals surface area contributed by atoms with Gasteiger partial charge in [0, 0.05) is 22.7 Å². The number of fused-ring (bicyclic) bond motifs is 2. The van der Waals surface area contributed by atoms with E-state index in [1.807, 2.05) is 49.5 Å². The molecule has 0 atom stereocenters. The number of carbonyl (C=O) groups excluding carboxylic acids is 1. The Kier molecular flexibility index (Phi) is 3.20. The number of aryl methyl sites for hydroxylation is 1. The van der Waals surface area contributed by atoms with E-state index in [9.17, 15) is 9.90 Å². The zero-order chi connectivity index (χ0) is 16.7. The van der Waals surface area contributed by atoms with E-state index < -0.39 is 0 Å². The zero-order valence-electron chi connectivity index (χ0n) is 13.0. The van der Waals surface area contributed by atoms with Crippen molar-refractivity contribution in [1.29, 1.82) is 0 Å². The number of hydrogen-bond donors (Lipinski definition) is 2. The van der Waals surface area contributed by atoms with Crippen molar-refractivity contribution in [2.75, 3.05) is 5.32 Å². The largest absolute Gasteiger partial charge is 0.507 e. The molecule has 0 saturated carbocycles. The van der Waals surface area contributed by atoms with Gasteiger partial charge >= 0.3 is 0 Å². The summed E-state index contributed by atoms with van der Waals surface area (Å²) in [6.45, 7) is 1.82. The van der Waals surface area contributed by atoms with Crippen LogP contribution in [0.4, 0.5) is 5.69 Å². The second kappa shape index (κ2) is 5.38. The van der Waals surface area contributed by atoms with Crippen LogP contribution in [0.15, 0.2) is 60.8 Å². The molecule has 0 aliphatic rings. The van der Waals surface area contributed by atoms with Crippen molar-refractivity contribution in [2.45, 2.75) is 6.92 Å². The number of pyridine rings is 1. The molecule has 5 nitrogen and oxygen atoms in total. The van der Waals surface area contributed by atoms with Crippen LogP contribution in [-0.4, -0.2) is 20.4 Å². The molecule has 118 valence electrons. The standard InChI is InChI=1S/C19H15N3O2/c1-12-18(22-11-3-2-10-17(22)20-12)19(24)21-15-8-4-7-14-13(15)6-5-9-16(14)23/h2-11,23H,1H3,(H,21,24). The van der Waals surface area contributed by atoms with Gasteiger partial charge in [-0.05, 0) is 31.2 Å². The number of imidazole rings is 1. The first-order valence-corrected chi connectivity index (χ1v) is 7.61. The summed E-state index contributed by atoms with van der Waals surface area (Å²) >= 11 is 0. The number of nitrogens with zero attached hydrogens (tertiary/aromatic N) is 2. The van der Waals surface area contributed by atoms with Crippen LogP contribution in [0.1, 0.15) is 16.2 Å². The fraction of sp³-hybridized carbons (Fsp3) is 0.0526. The van der Waals surface area contributed by atoms with Crippen LogP contribution in [0.3, 0.4) is 0 Å². The van der Waals surface area contributed by atoms with Gasteiger partial charge < -0.3 is 10.4 Å². The minimum atomic E-state index is -0.234. The summed E-state index contributed by atoms with van der Waals surface area (Å²) in [4.78, 5) is 17.2. The topological polar surface area (TPSA) is 66.6 Å². The summed E-state index contributed by atoms with van der Waals surface area (Å²) < 4.78 is 1.77. The molecule has 1 amide bonds. The Hall–Kier alpha value is -3.34. The monoisotopic (exact) mass is 317 g/mol. The molecule has 2 aromatic carbocycles. The van der Waals surface area contributed by atoms with Crippen LogP contribution >= 0.6 is 0 Å². The van der Waals surface area contributed by atoms with Gasteiger partial charge in [-0.2, -0.15) is 0 Å². The maximum atomic E-state index is 12.8. The van der Waals surface area contributed by atoms with E-state index in [0.29, 0.717) is 22.5 Å². The van der Waals surface area contributed by atoms with E-state index in [2.05, 4.69) is 10.3 Å². The Morgan fingerprint density at radius 2 is 1.83 bits per heavy atom. The Bertz CT molecular complexity index is 1080. The molecule has 0 bridgehead atoms. The fourth-order valence-corrected chi connectivity index (χ4v) is 2.97. The highest BCUT2D eigenvalue weighted by Crippen LogP contribution is 2.30. The van der Waals surface area contributed by atoms with Crippen LogP contribution in [0, 0.1) is 6.92 Å². The molecular formula is C19H15N3O2. The molecule has 0 fully saturated rings. The van der Waals surface area contributed by atoms with E-state index in [0.717, 1.165) is 11.0 Å². The molecule has 4 rings (SSSR count). The van der Waals surface area contributed by atoms with Crippen LogP contribution in [0.2, 0.25) is 0 Å². The SMILES string of the molecule is Cc1nc2ccccn2c1C(=O)Nc1cccc2c(O)cccc12. The van der Waals surface area contributed by atoms with Gasteiger partial charge in [0.25, 0.3) is 5.91 Å². The summed E-state index contributed by atoms with van der Waals surface area (Å²) in [6, 6.07) is 16.3. The van der Waals surface area contributed by atoms with Gasteiger partial charge in [0.1, 0.15) is 17.1 Å². The number of nitrogens with one attached hydrogen (secondary N) is 1. The van der Waals surface area contributed by atoms with Crippen molar-refractivity contribution in [3.05, 3.63) is 72.2 Å². The van der Waals surface area contributed by atoms with E-state index in [1.54, 1.807) is 22.6 Å². The van der Waals surface area contributed by atoms with Crippen molar-refractivity contribution in [2.24, 2.45) is 0 Å². The first-order chi connectivity index (χ1) is 11.6. The number of anilines is 1. The summed E-state index contributed by atoms with van der Waals surface area (Å²) in [7, 11) is 0. The van der Waals surface area contributed by atoms with Crippen LogP contribution in [-0.2, 0) is 0 Å². The highest BCUT2D eigenvalue weighted by atomic mass is 16.3. The second-order valence-electron chi connectivity index (χ2n) is 5.61. The van der Waals surface area contributed by atoms with E-state index >= 15 is 0 Å². The predicted molar refractivity (Wildman–Crippen MR) is 93.5 cm³/mol. The number of phenols is 1. The molecule has 0 unspecified atom stereocenters. The average molecular weight is 317 g/mol. The molecule has 4 aromatic rings. The van der Waals surface area contributed by atoms with Crippen molar-refractivity contribution in [3.8, 4) is 5.75 Å². The molecule has 0 saturated heterocycles. The third kappa shape index (κ3) is 2.18. The smallest absolute Gasteiger partial charge is 0.274 e. The normalized spacial score (nSPS) is 11.0. The van der Waals surface area contributed by atoms with E-state index in [4.69, 9.17) is 0 Å². The number of rotatable bonds is 2. The average Bonchev–Trinajstić information content (AvgIpc) is 2.91. The molecule has 24 heavy (non-hydrogen) atoms. The maximum Gasteiger partial charge on any atom is 0.274 e. The van der Waals surface area contributed by atoms with Crippen molar-refractivity contribution >= 4 is 28.0 Å². The molecule has 2 aromatic heterocycles. The third-order valence-electron chi connectivity index (χ3n) is 4.07. The van der Waals surface area contributed by atoms with Crippen LogP contribution in [0.5, 0.6) is 5.75 Å². The first-order valence-electron chi connectivity index (χ1n) is 7.61. The highest BCUT2D eigenvalue weighted by molar-refractivity contribution is 6.10. The Labute approximate surface area is 138 Å². The molecule has 2 N–H and O–H groups in total. The van der Waals surface area contributed by atoms with Gasteiger partial charge in [-0.15, -0.1) is 0 Å². The van der Waals surface area contributed by atoms with Crippen molar-refractivity contribution < 1.29 is 9.90 Å². The van der Waals surface area contributed by atoms with E-state index in [1.165, 1.54) is 0 Å². The lowest BCUT2D eigenvalue weighted by Gasteiger charge is -2.10. The van der Waals surface area contributed by atoms with Crippen LogP contribution in [0.25, 0.3) is 16.4 Å². The lowest BCUT2D eigenvalue weighted by Crippen LogP contribution is -2.15. The minimum Gasteiger partial charge on any atom is -0.507 e. The molecule has 5 heteroatoms. The second-order valence-corrected chi connectivity index (χ2v) is 5.61. The summed E-state index contributed by atoms with van der Waals surface area (Å²) in [5, 5.41) is 14.4. The number of hydrogen-bond acceptors (Lipinski definition) is 3. The van der Waals surface area contributed by atoms with Crippen molar-refractivity contribution in [3.63, 3.8) is 0 Å². The number of amides is 1. The zero-order valence-corrected chi connectivity index (χ0v) is 13.0. The van der Waals surface area contributed by atoms with Gasteiger partial charge in [-0.3, -0.25) is 9.20 Å². The molecule has 0 aliphatic carbocycles. The van der Waals surface area contributed by atoms with Gasteiger partial charge in [0.2, 0.25) is 0 Å². The van der Waals surface area contributed by atoms with Gasteiger partial charge in [-0.25, -0.2) is 4.98 Å². The molecule has 0 radical (unpaired) electrons. The highest BCUT2D eigenvalue weighted by Gasteiger charge is 2.17. The number of benzene rings is 2. The van der Waals surface area contributed by atoms with Crippen LogP contribution < -0.4 is 5.32 Å². The Morgan fingerprint density at radius 1 is 1.04 bits per heavy atom. The van der Waals surface area contributed by atoms with Crippen molar-refractivity contribution in [1.82, 2.24) is 9.38 Å².